The Labute approximate surface area is 205 Å². The largest absolute Gasteiger partial charge is 0.455 e. The molecule has 3 aromatic rings. The van der Waals surface area contributed by atoms with Crippen molar-refractivity contribution < 1.29 is 27.5 Å². The molecule has 3 heterocycles. The van der Waals surface area contributed by atoms with Crippen LogP contribution in [-0.2, 0) is 17.5 Å². The van der Waals surface area contributed by atoms with Gasteiger partial charge in [0.25, 0.3) is 5.91 Å². The molecule has 1 aliphatic rings. The summed E-state index contributed by atoms with van der Waals surface area (Å²) in [6, 6.07) is 10.5. The summed E-state index contributed by atoms with van der Waals surface area (Å²) < 4.78 is 44.5. The second-order valence-corrected chi connectivity index (χ2v) is 8.48. The highest BCUT2D eigenvalue weighted by Gasteiger charge is 2.30. The van der Waals surface area contributed by atoms with Crippen LogP contribution in [0.15, 0.2) is 54.9 Å². The van der Waals surface area contributed by atoms with Crippen molar-refractivity contribution in [2.75, 3.05) is 26.0 Å². The summed E-state index contributed by atoms with van der Waals surface area (Å²) >= 11 is 0. The Morgan fingerprint density at radius 3 is 2.50 bits per heavy atom. The van der Waals surface area contributed by atoms with Gasteiger partial charge in [0.1, 0.15) is 23.0 Å². The molecule has 188 valence electrons. The van der Waals surface area contributed by atoms with Crippen molar-refractivity contribution in [2.24, 2.45) is 0 Å². The number of carbonyl (C=O) groups excluding carboxylic acids is 2. The van der Waals surface area contributed by atoms with Crippen LogP contribution < -0.4 is 10.1 Å². The third kappa shape index (κ3) is 5.91. The second-order valence-electron chi connectivity index (χ2n) is 8.48. The minimum atomic E-state index is -4.47. The number of nitrogens with zero attached hydrogens (tertiary/aromatic N) is 4. The highest BCUT2D eigenvalue weighted by molar-refractivity contribution is 5.91. The lowest BCUT2D eigenvalue weighted by molar-refractivity contribution is -0.137. The zero-order valence-corrected chi connectivity index (χ0v) is 19.7. The number of rotatable bonds is 7. The molecule has 36 heavy (non-hydrogen) atoms. The molecule has 1 fully saturated rings. The van der Waals surface area contributed by atoms with Crippen LogP contribution in [0.3, 0.4) is 0 Å². The van der Waals surface area contributed by atoms with Crippen LogP contribution in [0.4, 0.5) is 24.7 Å². The predicted molar refractivity (Wildman–Crippen MR) is 126 cm³/mol. The molecule has 1 aromatic carbocycles. The summed E-state index contributed by atoms with van der Waals surface area (Å²) in [5, 5.41) is 2.99. The van der Waals surface area contributed by atoms with Crippen LogP contribution in [0.5, 0.6) is 11.5 Å². The van der Waals surface area contributed by atoms with E-state index in [1.54, 1.807) is 49.3 Å². The van der Waals surface area contributed by atoms with Crippen molar-refractivity contribution >= 4 is 23.3 Å². The van der Waals surface area contributed by atoms with Crippen molar-refractivity contribution in [1.82, 2.24) is 19.8 Å². The third-order valence-electron chi connectivity index (χ3n) is 5.55. The first-order valence-electron chi connectivity index (χ1n) is 11.2. The Hall–Kier alpha value is -4.15. The van der Waals surface area contributed by atoms with Gasteiger partial charge in [0.2, 0.25) is 5.91 Å². The fourth-order valence-corrected chi connectivity index (χ4v) is 3.66. The van der Waals surface area contributed by atoms with E-state index < -0.39 is 11.7 Å². The molecule has 0 bridgehead atoms. The van der Waals surface area contributed by atoms with Gasteiger partial charge in [0.05, 0.1) is 11.8 Å². The Morgan fingerprint density at radius 1 is 1.11 bits per heavy atom. The van der Waals surface area contributed by atoms with Crippen LogP contribution in [0, 0.1) is 0 Å². The number of alkyl halides is 3. The van der Waals surface area contributed by atoms with Gasteiger partial charge in [-0.3, -0.25) is 9.59 Å². The molecule has 1 N–H and O–H groups in total. The standard InChI is InChI=1S/C25H24F3N5O3/c1-32(2)24(35)20-8-7-19(14-29-20)36-21-9-6-18(12-16(21)15-33-11-3-4-23(33)34)31-22-10-5-17(13-30-22)25(26,27)28/h5-10,12-14H,3-4,11,15H2,1-2H3,(H,30,31). The van der Waals surface area contributed by atoms with Crippen molar-refractivity contribution in [3.63, 3.8) is 0 Å². The monoisotopic (exact) mass is 499 g/mol. The van der Waals surface area contributed by atoms with Crippen molar-refractivity contribution in [3.8, 4) is 11.5 Å². The minimum absolute atomic E-state index is 0.0388. The number of hydrogen-bond acceptors (Lipinski definition) is 6. The summed E-state index contributed by atoms with van der Waals surface area (Å²) in [4.78, 5) is 35.4. The lowest BCUT2D eigenvalue weighted by Crippen LogP contribution is -2.24. The molecule has 0 atom stereocenters. The predicted octanol–water partition coefficient (Wildman–Crippen LogP) is 4.86. The average molecular weight is 499 g/mol. The molecule has 0 saturated carbocycles. The molecular formula is C25H24F3N5O3. The minimum Gasteiger partial charge on any atom is -0.455 e. The average Bonchev–Trinajstić information content (AvgIpc) is 3.24. The van der Waals surface area contributed by atoms with E-state index in [9.17, 15) is 22.8 Å². The van der Waals surface area contributed by atoms with Crippen LogP contribution >= 0.6 is 0 Å². The normalized spacial score (nSPS) is 13.6. The van der Waals surface area contributed by atoms with E-state index in [1.807, 2.05) is 0 Å². The Bertz CT molecular complexity index is 1250. The second kappa shape index (κ2) is 10.2. The van der Waals surface area contributed by atoms with Gasteiger partial charge in [-0.05, 0) is 48.9 Å². The van der Waals surface area contributed by atoms with Gasteiger partial charge >= 0.3 is 6.18 Å². The molecule has 0 aliphatic carbocycles. The van der Waals surface area contributed by atoms with E-state index >= 15 is 0 Å². The van der Waals surface area contributed by atoms with Gasteiger partial charge in [-0.1, -0.05) is 0 Å². The number of amides is 2. The first-order chi connectivity index (χ1) is 17.1. The number of ether oxygens (including phenoxy) is 1. The van der Waals surface area contributed by atoms with Crippen molar-refractivity contribution in [1.29, 1.82) is 0 Å². The first-order valence-corrected chi connectivity index (χ1v) is 11.2. The number of carbonyl (C=O) groups is 2. The highest BCUT2D eigenvalue weighted by Crippen LogP contribution is 2.32. The van der Waals surface area contributed by atoms with Crippen LogP contribution in [0.1, 0.15) is 34.5 Å². The molecule has 8 nitrogen and oxygen atoms in total. The smallest absolute Gasteiger partial charge is 0.417 e. The molecule has 2 aromatic heterocycles. The number of likely N-dealkylation sites (tertiary alicyclic amines) is 1. The van der Waals surface area contributed by atoms with E-state index in [0.29, 0.717) is 42.3 Å². The molecule has 0 radical (unpaired) electrons. The molecule has 1 aliphatic heterocycles. The number of nitrogens with one attached hydrogen (secondary N) is 1. The summed E-state index contributed by atoms with van der Waals surface area (Å²) in [5.41, 5.74) is 0.702. The summed E-state index contributed by atoms with van der Waals surface area (Å²) in [5.74, 6) is 0.933. The summed E-state index contributed by atoms with van der Waals surface area (Å²) in [6.45, 7) is 0.925. The van der Waals surface area contributed by atoms with Crippen LogP contribution in [-0.4, -0.2) is 52.2 Å². The summed E-state index contributed by atoms with van der Waals surface area (Å²) in [7, 11) is 3.27. The van der Waals surface area contributed by atoms with Gasteiger partial charge < -0.3 is 19.9 Å². The Balaban J connectivity index is 1.57. The maximum atomic E-state index is 12.8. The number of benzene rings is 1. The van der Waals surface area contributed by atoms with Crippen LogP contribution in [0.2, 0.25) is 0 Å². The molecule has 2 amide bonds. The fourth-order valence-electron chi connectivity index (χ4n) is 3.66. The van der Waals surface area contributed by atoms with Crippen LogP contribution in [0.25, 0.3) is 0 Å². The fraction of sp³-hybridized carbons (Fsp3) is 0.280. The molecule has 11 heteroatoms. The van der Waals surface area contributed by atoms with E-state index in [-0.39, 0.29) is 23.3 Å². The zero-order valence-electron chi connectivity index (χ0n) is 19.7. The maximum Gasteiger partial charge on any atom is 0.417 e. The first kappa shape index (κ1) is 25.0. The molecule has 0 spiro atoms. The number of anilines is 2. The van der Waals surface area contributed by atoms with Gasteiger partial charge in [-0.15, -0.1) is 0 Å². The highest BCUT2D eigenvalue weighted by atomic mass is 19.4. The van der Waals surface area contributed by atoms with Crippen molar-refractivity contribution in [2.45, 2.75) is 25.6 Å². The number of aromatic nitrogens is 2. The topological polar surface area (TPSA) is 87.7 Å². The lowest BCUT2D eigenvalue weighted by atomic mass is 10.1. The SMILES string of the molecule is CN(C)C(=O)c1ccc(Oc2ccc(Nc3ccc(C(F)(F)F)cn3)cc2CN2CCCC2=O)cn1. The lowest BCUT2D eigenvalue weighted by Gasteiger charge is -2.19. The molecular weight excluding hydrogens is 475 g/mol. The number of pyridine rings is 2. The maximum absolute atomic E-state index is 12.8. The zero-order chi connectivity index (χ0) is 25.9. The van der Waals surface area contributed by atoms with E-state index in [0.717, 1.165) is 18.7 Å². The molecule has 0 unspecified atom stereocenters. The van der Waals surface area contributed by atoms with Gasteiger partial charge in [-0.2, -0.15) is 13.2 Å². The van der Waals surface area contributed by atoms with Gasteiger partial charge in [0, 0.05) is 51.1 Å². The van der Waals surface area contributed by atoms with Gasteiger partial charge in [0.15, 0.2) is 0 Å². The number of halogens is 3. The van der Waals surface area contributed by atoms with E-state index in [1.165, 1.54) is 17.2 Å². The molecule has 1 saturated heterocycles. The Morgan fingerprint density at radius 2 is 1.92 bits per heavy atom. The quantitative estimate of drug-likeness (QED) is 0.500. The summed E-state index contributed by atoms with van der Waals surface area (Å²) in [6.07, 6.45) is -1.00. The van der Waals surface area contributed by atoms with E-state index in [2.05, 4.69) is 15.3 Å². The molecule has 4 rings (SSSR count). The number of hydrogen-bond donors (Lipinski definition) is 1. The van der Waals surface area contributed by atoms with E-state index in [4.69, 9.17) is 4.74 Å². The van der Waals surface area contributed by atoms with Gasteiger partial charge in [-0.25, -0.2) is 9.97 Å². The Kier molecular flexibility index (Phi) is 7.09. The third-order valence-corrected chi connectivity index (χ3v) is 5.55. The van der Waals surface area contributed by atoms with Crippen molar-refractivity contribution in [3.05, 3.63) is 71.7 Å².